The maximum absolute atomic E-state index is 6.78. The van der Waals surface area contributed by atoms with Crippen LogP contribution in [0.2, 0.25) is 0 Å². The standard InChI is InChI=1S/C29H32NO/c1-16(2)20-12-21-11-17(3)18(4)25-26(21)24(13-20)31-28-23-14-22(29(5,6)7)10-9-19(23)15-30(8)27(25)28/h9-16H,1-8H3/q+1. The number of nitrogens with zero attached hydrogens (tertiary/aromatic N) is 1. The Morgan fingerprint density at radius 1 is 0.935 bits per heavy atom. The second kappa shape index (κ2) is 6.56. The normalized spacial score (nSPS) is 13.1. The van der Waals surface area contributed by atoms with Crippen molar-refractivity contribution < 1.29 is 9.30 Å². The highest BCUT2D eigenvalue weighted by Crippen LogP contribution is 2.50. The highest BCUT2D eigenvalue weighted by Gasteiger charge is 2.32. The lowest BCUT2D eigenvalue weighted by molar-refractivity contribution is -0.659. The van der Waals surface area contributed by atoms with Crippen LogP contribution in [0.5, 0.6) is 11.5 Å². The highest BCUT2D eigenvalue weighted by molar-refractivity contribution is 6.07. The molecular weight excluding hydrogens is 378 g/mol. The Hall–Kier alpha value is -2.87. The number of hydrogen-bond acceptors (Lipinski definition) is 1. The first-order chi connectivity index (χ1) is 14.6. The zero-order valence-electron chi connectivity index (χ0n) is 20.0. The van der Waals surface area contributed by atoms with Gasteiger partial charge in [-0.25, -0.2) is 0 Å². The van der Waals surface area contributed by atoms with Crippen LogP contribution in [0.1, 0.15) is 62.8 Å². The molecule has 0 saturated heterocycles. The van der Waals surface area contributed by atoms with Gasteiger partial charge in [0.1, 0.15) is 12.8 Å². The third-order valence-electron chi connectivity index (χ3n) is 6.92. The van der Waals surface area contributed by atoms with Gasteiger partial charge in [-0.1, -0.05) is 52.8 Å². The van der Waals surface area contributed by atoms with Crippen LogP contribution >= 0.6 is 0 Å². The van der Waals surface area contributed by atoms with Crippen LogP contribution in [0, 0.1) is 13.8 Å². The Morgan fingerprint density at radius 2 is 1.68 bits per heavy atom. The molecule has 3 aromatic carbocycles. The molecule has 0 bridgehead atoms. The van der Waals surface area contributed by atoms with Gasteiger partial charge in [0.05, 0.1) is 5.56 Å². The van der Waals surface area contributed by atoms with Crippen molar-refractivity contribution in [1.82, 2.24) is 0 Å². The number of aryl methyl sites for hydroxylation is 2. The van der Waals surface area contributed by atoms with Gasteiger partial charge in [0.15, 0.2) is 6.20 Å². The molecule has 1 aliphatic rings. The maximum atomic E-state index is 6.78. The summed E-state index contributed by atoms with van der Waals surface area (Å²) in [4.78, 5) is 0. The van der Waals surface area contributed by atoms with Gasteiger partial charge in [-0.3, -0.25) is 0 Å². The average Bonchev–Trinajstić information content (AvgIpc) is 2.69. The third kappa shape index (κ3) is 2.96. The molecule has 2 heteroatoms. The molecule has 0 N–H and O–H groups in total. The van der Waals surface area contributed by atoms with Crippen molar-refractivity contribution in [2.45, 2.75) is 59.8 Å². The fraction of sp³-hybridized carbons (Fsp3) is 0.345. The summed E-state index contributed by atoms with van der Waals surface area (Å²) in [6, 6.07) is 13.7. The number of aromatic nitrogens is 1. The number of pyridine rings is 1. The van der Waals surface area contributed by atoms with E-state index in [1.807, 2.05) is 0 Å². The summed E-state index contributed by atoms with van der Waals surface area (Å²) < 4.78 is 9.02. The first-order valence-corrected chi connectivity index (χ1v) is 11.3. The Labute approximate surface area is 185 Å². The lowest BCUT2D eigenvalue weighted by Crippen LogP contribution is -2.32. The van der Waals surface area contributed by atoms with Crippen LogP contribution in [0.25, 0.3) is 32.8 Å². The van der Waals surface area contributed by atoms with E-state index in [4.69, 9.17) is 4.74 Å². The van der Waals surface area contributed by atoms with Crippen LogP contribution in [0.15, 0.2) is 42.6 Å². The van der Waals surface area contributed by atoms with Crippen molar-refractivity contribution in [2.75, 3.05) is 0 Å². The number of ether oxygens (including phenoxy) is 1. The summed E-state index contributed by atoms with van der Waals surface area (Å²) >= 11 is 0. The Kier molecular flexibility index (Phi) is 4.25. The van der Waals surface area contributed by atoms with Crippen molar-refractivity contribution in [3.05, 3.63) is 64.8 Å². The van der Waals surface area contributed by atoms with Gasteiger partial charge in [0, 0.05) is 16.2 Å². The number of fused-ring (bicyclic) bond motifs is 4. The van der Waals surface area contributed by atoms with E-state index < -0.39 is 0 Å². The SMILES string of the molecule is Cc1cc2cc(C(C)C)cc3c2c(c1C)-c1c(c2cc(C(C)(C)C)ccc2c[n+]1C)O3. The molecule has 1 aliphatic heterocycles. The molecular formula is C29H32NO+. The molecule has 0 spiro atoms. The fourth-order valence-electron chi connectivity index (χ4n) is 4.87. The van der Waals surface area contributed by atoms with Gasteiger partial charge in [0.25, 0.3) is 5.69 Å². The van der Waals surface area contributed by atoms with Crippen molar-refractivity contribution in [1.29, 1.82) is 0 Å². The van der Waals surface area contributed by atoms with Crippen LogP contribution in [-0.2, 0) is 12.5 Å². The number of hydrogen-bond donors (Lipinski definition) is 0. The van der Waals surface area contributed by atoms with E-state index in [1.165, 1.54) is 55.1 Å². The molecule has 0 saturated carbocycles. The second-order valence-corrected chi connectivity index (χ2v) is 10.5. The van der Waals surface area contributed by atoms with Crippen LogP contribution < -0.4 is 9.30 Å². The maximum Gasteiger partial charge on any atom is 0.257 e. The average molecular weight is 411 g/mol. The third-order valence-corrected chi connectivity index (χ3v) is 6.92. The van der Waals surface area contributed by atoms with Crippen molar-refractivity contribution in [2.24, 2.45) is 7.05 Å². The molecule has 158 valence electrons. The van der Waals surface area contributed by atoms with E-state index in [0.717, 1.165) is 11.5 Å². The van der Waals surface area contributed by atoms with Gasteiger partial charge in [-0.15, -0.1) is 0 Å². The number of benzene rings is 3. The molecule has 0 amide bonds. The lowest BCUT2D eigenvalue weighted by Gasteiger charge is -2.25. The Morgan fingerprint density at radius 3 is 2.35 bits per heavy atom. The monoisotopic (exact) mass is 410 g/mol. The summed E-state index contributed by atoms with van der Waals surface area (Å²) in [5.41, 5.74) is 7.88. The summed E-state index contributed by atoms with van der Waals surface area (Å²) in [5.74, 6) is 2.42. The Bertz CT molecular complexity index is 1390. The molecule has 4 aromatic rings. The number of rotatable bonds is 1. The minimum Gasteiger partial charge on any atom is -0.449 e. The molecule has 31 heavy (non-hydrogen) atoms. The molecule has 2 heterocycles. The van der Waals surface area contributed by atoms with E-state index in [-0.39, 0.29) is 5.41 Å². The minimum absolute atomic E-state index is 0.0863. The smallest absolute Gasteiger partial charge is 0.257 e. The van der Waals surface area contributed by atoms with Crippen molar-refractivity contribution in [3.63, 3.8) is 0 Å². The summed E-state index contributed by atoms with van der Waals surface area (Å²) in [6.45, 7) is 15.8. The zero-order chi connectivity index (χ0) is 22.2. The van der Waals surface area contributed by atoms with Crippen LogP contribution in [-0.4, -0.2) is 0 Å². The molecule has 0 unspecified atom stereocenters. The first-order valence-electron chi connectivity index (χ1n) is 11.3. The topological polar surface area (TPSA) is 13.1 Å². The van der Waals surface area contributed by atoms with E-state index in [2.05, 4.69) is 103 Å². The molecule has 2 nitrogen and oxygen atoms in total. The second-order valence-electron chi connectivity index (χ2n) is 10.5. The van der Waals surface area contributed by atoms with E-state index in [1.54, 1.807) is 0 Å². The summed E-state index contributed by atoms with van der Waals surface area (Å²) in [6.07, 6.45) is 2.24. The van der Waals surface area contributed by atoms with Crippen molar-refractivity contribution in [3.8, 4) is 22.8 Å². The van der Waals surface area contributed by atoms with Gasteiger partial charge in [-0.2, -0.15) is 4.57 Å². The molecule has 0 aliphatic carbocycles. The van der Waals surface area contributed by atoms with E-state index >= 15 is 0 Å². The predicted octanol–water partition coefficient (Wildman–Crippen LogP) is 7.63. The van der Waals surface area contributed by atoms with Gasteiger partial charge < -0.3 is 4.74 Å². The predicted molar refractivity (Wildman–Crippen MR) is 130 cm³/mol. The molecule has 0 radical (unpaired) electrons. The Balaban J connectivity index is 1.94. The fourth-order valence-corrected chi connectivity index (χ4v) is 4.87. The van der Waals surface area contributed by atoms with Crippen molar-refractivity contribution >= 4 is 21.5 Å². The van der Waals surface area contributed by atoms with E-state index in [0.29, 0.717) is 5.92 Å². The first kappa shape index (κ1) is 20.1. The summed E-state index contributed by atoms with van der Waals surface area (Å²) in [7, 11) is 2.14. The largest absolute Gasteiger partial charge is 0.449 e. The van der Waals surface area contributed by atoms with Gasteiger partial charge >= 0.3 is 0 Å². The van der Waals surface area contributed by atoms with E-state index in [9.17, 15) is 0 Å². The molecule has 5 rings (SSSR count). The van der Waals surface area contributed by atoms with Crippen LogP contribution in [0.3, 0.4) is 0 Å². The molecule has 0 atom stereocenters. The summed E-state index contributed by atoms with van der Waals surface area (Å²) in [5, 5.41) is 4.91. The van der Waals surface area contributed by atoms with Gasteiger partial charge in [0.2, 0.25) is 5.75 Å². The quantitative estimate of drug-likeness (QED) is 0.259. The molecule has 1 aromatic heterocycles. The van der Waals surface area contributed by atoms with Crippen LogP contribution in [0.4, 0.5) is 0 Å². The van der Waals surface area contributed by atoms with Gasteiger partial charge in [-0.05, 0) is 71.0 Å². The highest BCUT2D eigenvalue weighted by atomic mass is 16.5. The zero-order valence-corrected chi connectivity index (χ0v) is 20.0. The molecule has 0 fully saturated rings. The lowest BCUT2D eigenvalue weighted by atomic mass is 9.85. The minimum atomic E-state index is 0.0863.